The number of carbonyl (C=O) groups excluding carboxylic acids is 1. The van der Waals surface area contributed by atoms with Crippen molar-refractivity contribution in [2.45, 2.75) is 26.3 Å². The summed E-state index contributed by atoms with van der Waals surface area (Å²) in [7, 11) is 3.34. The summed E-state index contributed by atoms with van der Waals surface area (Å²) in [5.74, 6) is -0.209. The molecule has 1 atom stereocenters. The summed E-state index contributed by atoms with van der Waals surface area (Å²) in [6.45, 7) is 3.82. The minimum absolute atomic E-state index is 0.0308. The highest BCUT2D eigenvalue weighted by molar-refractivity contribution is 5.92. The van der Waals surface area contributed by atoms with Gasteiger partial charge in [-0.15, -0.1) is 0 Å². The van der Waals surface area contributed by atoms with Crippen LogP contribution >= 0.6 is 0 Å². The van der Waals surface area contributed by atoms with Gasteiger partial charge in [0.15, 0.2) is 5.65 Å². The van der Waals surface area contributed by atoms with Crippen LogP contribution in [0.4, 0.5) is 14.6 Å². The average Bonchev–Trinajstić information content (AvgIpc) is 3.20. The molecule has 0 bridgehead atoms. The molecule has 0 spiro atoms. The number of hydrogen-bond acceptors (Lipinski definition) is 6. The molecule has 33 heavy (non-hydrogen) atoms. The fourth-order valence-electron chi connectivity index (χ4n) is 3.71. The topological polar surface area (TPSA) is 103 Å². The summed E-state index contributed by atoms with van der Waals surface area (Å²) < 4.78 is 28.7. The Labute approximate surface area is 189 Å². The Morgan fingerprint density at radius 1 is 1.12 bits per heavy atom. The number of carbonyl (C=O) groups is 1. The van der Waals surface area contributed by atoms with E-state index in [9.17, 15) is 13.6 Å². The summed E-state index contributed by atoms with van der Waals surface area (Å²) in [4.78, 5) is 25.9. The van der Waals surface area contributed by atoms with E-state index in [4.69, 9.17) is 5.73 Å². The van der Waals surface area contributed by atoms with Gasteiger partial charge in [0.2, 0.25) is 0 Å². The van der Waals surface area contributed by atoms with Crippen LogP contribution < -0.4 is 5.73 Å². The first-order valence-corrected chi connectivity index (χ1v) is 10.2. The molecule has 4 aromatic rings. The van der Waals surface area contributed by atoms with Crippen molar-refractivity contribution in [2.75, 3.05) is 19.8 Å². The first-order chi connectivity index (χ1) is 15.7. The molecule has 0 aliphatic rings. The quantitative estimate of drug-likeness (QED) is 0.492. The monoisotopic (exact) mass is 451 g/mol. The van der Waals surface area contributed by atoms with E-state index in [1.54, 1.807) is 26.4 Å². The van der Waals surface area contributed by atoms with Gasteiger partial charge in [-0.1, -0.05) is 18.2 Å². The average molecular weight is 451 g/mol. The van der Waals surface area contributed by atoms with Crippen molar-refractivity contribution in [3.05, 3.63) is 65.4 Å². The molecule has 0 aliphatic heterocycles. The number of halogens is 2. The molecule has 1 unspecified atom stereocenters. The number of pyridine rings is 1. The molecular weight excluding hydrogens is 428 g/mol. The zero-order chi connectivity index (χ0) is 23.9. The number of fused-ring (bicyclic) bond motifs is 1. The van der Waals surface area contributed by atoms with Crippen molar-refractivity contribution >= 4 is 22.8 Å². The molecule has 0 fully saturated rings. The zero-order valence-corrected chi connectivity index (χ0v) is 18.6. The number of hydrogen-bond donors (Lipinski definition) is 1. The molecule has 0 radical (unpaired) electrons. The van der Waals surface area contributed by atoms with Crippen LogP contribution in [0.25, 0.3) is 22.2 Å². The van der Waals surface area contributed by atoms with E-state index in [0.29, 0.717) is 5.69 Å². The number of amides is 1. The predicted molar refractivity (Wildman–Crippen MR) is 121 cm³/mol. The van der Waals surface area contributed by atoms with Crippen molar-refractivity contribution in [3.63, 3.8) is 0 Å². The summed E-state index contributed by atoms with van der Waals surface area (Å²) in [6.07, 6.45) is 0.0811. The van der Waals surface area contributed by atoms with Crippen molar-refractivity contribution in [1.82, 2.24) is 29.6 Å². The lowest BCUT2D eigenvalue weighted by Crippen LogP contribution is -2.22. The molecule has 4 rings (SSSR count). The summed E-state index contributed by atoms with van der Waals surface area (Å²) >= 11 is 0. The fraction of sp³-hybridized carbons (Fsp3) is 0.261. The van der Waals surface area contributed by atoms with Crippen LogP contribution in [0.5, 0.6) is 0 Å². The molecule has 0 saturated carbocycles. The molecule has 0 saturated heterocycles. The maximum atomic E-state index is 13.6. The minimum atomic E-state index is -2.81. The van der Waals surface area contributed by atoms with Crippen molar-refractivity contribution in [2.24, 2.45) is 0 Å². The van der Waals surface area contributed by atoms with E-state index in [-0.39, 0.29) is 22.8 Å². The SMILES string of the molecule is Cc1ccc(C(C)n2nc(C(F)F)c3c(N)ncnc32)cc1-c1ccc(C(=O)N(C)C)nc1. The number of aryl methyl sites for hydroxylation is 1. The number of rotatable bonds is 5. The second kappa shape index (κ2) is 8.53. The lowest BCUT2D eigenvalue weighted by molar-refractivity contribution is 0.0822. The zero-order valence-electron chi connectivity index (χ0n) is 18.6. The Hall–Kier alpha value is -3.95. The van der Waals surface area contributed by atoms with Crippen LogP contribution in [0.1, 0.15) is 46.7 Å². The van der Waals surface area contributed by atoms with Crippen LogP contribution in [0.3, 0.4) is 0 Å². The van der Waals surface area contributed by atoms with Gasteiger partial charge in [0.05, 0.1) is 11.4 Å². The van der Waals surface area contributed by atoms with Gasteiger partial charge in [-0.3, -0.25) is 9.78 Å². The smallest absolute Gasteiger partial charge is 0.282 e. The summed E-state index contributed by atoms with van der Waals surface area (Å²) in [6, 6.07) is 8.95. The van der Waals surface area contributed by atoms with Crippen LogP contribution in [-0.4, -0.2) is 49.6 Å². The van der Waals surface area contributed by atoms with Gasteiger partial charge >= 0.3 is 0 Å². The van der Waals surface area contributed by atoms with Crippen LogP contribution in [0.15, 0.2) is 42.9 Å². The Morgan fingerprint density at radius 2 is 1.88 bits per heavy atom. The predicted octanol–water partition coefficient (Wildman–Crippen LogP) is 4.03. The van der Waals surface area contributed by atoms with E-state index < -0.39 is 18.2 Å². The number of alkyl halides is 2. The molecular formula is C23H23F2N7O. The molecule has 1 amide bonds. The highest BCUT2D eigenvalue weighted by Gasteiger charge is 2.25. The van der Waals surface area contributed by atoms with Gasteiger partial charge in [0.1, 0.15) is 23.5 Å². The van der Waals surface area contributed by atoms with E-state index in [1.165, 1.54) is 15.9 Å². The number of nitrogen functional groups attached to an aromatic ring is 1. The second-order valence-corrected chi connectivity index (χ2v) is 7.97. The van der Waals surface area contributed by atoms with Gasteiger partial charge in [-0.25, -0.2) is 23.4 Å². The van der Waals surface area contributed by atoms with Gasteiger partial charge in [0.25, 0.3) is 12.3 Å². The molecule has 1 aromatic carbocycles. The molecule has 3 aromatic heterocycles. The molecule has 8 nitrogen and oxygen atoms in total. The lowest BCUT2D eigenvalue weighted by Gasteiger charge is -2.16. The van der Waals surface area contributed by atoms with E-state index in [1.807, 2.05) is 38.1 Å². The molecule has 2 N–H and O–H groups in total. The number of benzene rings is 1. The third-order valence-corrected chi connectivity index (χ3v) is 5.56. The molecule has 3 heterocycles. The third kappa shape index (κ3) is 3.99. The number of aromatic nitrogens is 5. The van der Waals surface area contributed by atoms with Crippen molar-refractivity contribution < 1.29 is 13.6 Å². The Balaban J connectivity index is 1.76. The Bertz CT molecular complexity index is 1330. The highest BCUT2D eigenvalue weighted by Crippen LogP contribution is 2.33. The lowest BCUT2D eigenvalue weighted by atomic mass is 9.96. The first kappa shape index (κ1) is 22.3. The third-order valence-electron chi connectivity index (χ3n) is 5.56. The van der Waals surface area contributed by atoms with Crippen LogP contribution in [0, 0.1) is 6.92 Å². The number of nitrogens with two attached hydrogens (primary N) is 1. The molecule has 0 aliphatic carbocycles. The summed E-state index contributed by atoms with van der Waals surface area (Å²) in [5, 5.41) is 4.19. The largest absolute Gasteiger partial charge is 0.383 e. The minimum Gasteiger partial charge on any atom is -0.383 e. The number of nitrogens with zero attached hydrogens (tertiary/aromatic N) is 6. The highest BCUT2D eigenvalue weighted by atomic mass is 19.3. The summed E-state index contributed by atoms with van der Waals surface area (Å²) in [5.41, 5.74) is 9.60. The Kier molecular flexibility index (Phi) is 5.75. The van der Waals surface area contributed by atoms with Gasteiger partial charge in [-0.2, -0.15) is 5.10 Å². The van der Waals surface area contributed by atoms with Crippen molar-refractivity contribution in [3.8, 4) is 11.1 Å². The maximum Gasteiger partial charge on any atom is 0.282 e. The normalized spacial score (nSPS) is 12.3. The van der Waals surface area contributed by atoms with Gasteiger partial charge in [-0.05, 0) is 42.7 Å². The van der Waals surface area contributed by atoms with Gasteiger partial charge in [0, 0.05) is 25.9 Å². The molecule has 10 heteroatoms. The maximum absolute atomic E-state index is 13.6. The Morgan fingerprint density at radius 3 is 2.52 bits per heavy atom. The van der Waals surface area contributed by atoms with E-state index in [2.05, 4.69) is 20.1 Å². The second-order valence-electron chi connectivity index (χ2n) is 7.97. The van der Waals surface area contributed by atoms with Crippen LogP contribution in [0.2, 0.25) is 0 Å². The van der Waals surface area contributed by atoms with E-state index >= 15 is 0 Å². The number of anilines is 1. The van der Waals surface area contributed by atoms with Crippen molar-refractivity contribution in [1.29, 1.82) is 0 Å². The molecule has 170 valence electrons. The van der Waals surface area contributed by atoms with Gasteiger partial charge < -0.3 is 10.6 Å². The fourth-order valence-corrected chi connectivity index (χ4v) is 3.71. The standard InChI is InChI=1S/C23H23F2N7O/c1-12-5-6-14(9-16(12)15-7-8-17(27-10-15)23(33)31(3)4)13(2)32-22-18(19(30-32)20(24)25)21(26)28-11-29-22/h5-11,13,20H,1-4H3,(H2,26,28,29). The first-order valence-electron chi connectivity index (χ1n) is 10.2. The van der Waals surface area contributed by atoms with Crippen LogP contribution in [-0.2, 0) is 0 Å². The van der Waals surface area contributed by atoms with E-state index in [0.717, 1.165) is 22.3 Å².